The van der Waals surface area contributed by atoms with Crippen LogP contribution in [0, 0.1) is 20.8 Å². The van der Waals surface area contributed by atoms with E-state index in [1.54, 1.807) is 6.20 Å². The quantitative estimate of drug-likeness (QED) is 0.931. The van der Waals surface area contributed by atoms with Crippen molar-refractivity contribution in [2.45, 2.75) is 27.3 Å². The molecule has 104 valence electrons. The summed E-state index contributed by atoms with van der Waals surface area (Å²) in [6.45, 7) is 5.83. The molecular weight excluding hydrogens is 252 g/mol. The molecule has 2 aromatic rings. The van der Waals surface area contributed by atoms with Crippen molar-refractivity contribution in [3.63, 3.8) is 0 Å². The van der Waals surface area contributed by atoms with Gasteiger partial charge in [-0.3, -0.25) is 9.59 Å². The molecule has 0 atom stereocenters. The maximum Gasteiger partial charge on any atom is 0.251 e. The molecule has 0 saturated heterocycles. The molecule has 1 aromatic carbocycles. The van der Waals surface area contributed by atoms with Gasteiger partial charge in [0.2, 0.25) is 5.91 Å². The van der Waals surface area contributed by atoms with Crippen molar-refractivity contribution in [3.8, 4) is 0 Å². The van der Waals surface area contributed by atoms with Gasteiger partial charge in [-0.05, 0) is 49.6 Å². The number of carbonyl (C=O) groups excluding carboxylic acids is 1. The molecule has 0 aliphatic heterocycles. The zero-order valence-corrected chi connectivity index (χ0v) is 11.9. The number of rotatable bonds is 3. The van der Waals surface area contributed by atoms with Crippen LogP contribution in [-0.2, 0) is 11.3 Å². The van der Waals surface area contributed by atoms with Gasteiger partial charge in [0.05, 0.1) is 0 Å². The van der Waals surface area contributed by atoms with Crippen molar-refractivity contribution in [1.82, 2.24) is 4.57 Å². The van der Waals surface area contributed by atoms with Crippen molar-refractivity contribution in [1.29, 1.82) is 0 Å². The molecule has 1 amide bonds. The van der Waals surface area contributed by atoms with Gasteiger partial charge >= 0.3 is 0 Å². The summed E-state index contributed by atoms with van der Waals surface area (Å²) in [4.78, 5) is 23.7. The number of nitrogens with zero attached hydrogens (tertiary/aromatic N) is 1. The van der Waals surface area contributed by atoms with E-state index in [2.05, 4.69) is 5.32 Å². The van der Waals surface area contributed by atoms with E-state index in [1.165, 1.54) is 10.6 Å². The lowest BCUT2D eigenvalue weighted by atomic mass is 10.1. The second kappa shape index (κ2) is 5.74. The lowest BCUT2D eigenvalue weighted by molar-refractivity contribution is -0.116. The summed E-state index contributed by atoms with van der Waals surface area (Å²) < 4.78 is 1.40. The van der Waals surface area contributed by atoms with Crippen LogP contribution in [0.4, 0.5) is 5.69 Å². The Hall–Kier alpha value is -2.36. The molecule has 4 heteroatoms. The molecule has 20 heavy (non-hydrogen) atoms. The summed E-state index contributed by atoms with van der Waals surface area (Å²) in [6.07, 6.45) is 1.64. The van der Waals surface area contributed by atoms with E-state index in [-0.39, 0.29) is 18.0 Å². The minimum Gasteiger partial charge on any atom is -0.324 e. The highest BCUT2D eigenvalue weighted by Crippen LogP contribution is 2.17. The number of hydrogen-bond acceptors (Lipinski definition) is 2. The van der Waals surface area contributed by atoms with Gasteiger partial charge in [0, 0.05) is 18.0 Å². The highest BCUT2D eigenvalue weighted by Gasteiger charge is 2.07. The lowest BCUT2D eigenvalue weighted by Crippen LogP contribution is -2.27. The van der Waals surface area contributed by atoms with Gasteiger partial charge in [-0.25, -0.2) is 0 Å². The zero-order chi connectivity index (χ0) is 14.7. The standard InChI is InChI=1S/C16H18N2O2/c1-11-7-8-18(16(20)9-11)10-15(19)17-14-6-4-5-12(2)13(14)3/h4-9H,10H2,1-3H3,(H,17,19). The molecule has 1 heterocycles. The second-order valence-electron chi connectivity index (χ2n) is 4.97. The highest BCUT2D eigenvalue weighted by molar-refractivity contribution is 5.91. The molecule has 0 unspecified atom stereocenters. The minimum absolute atomic E-state index is 0.0203. The van der Waals surface area contributed by atoms with Gasteiger partial charge in [-0.2, -0.15) is 0 Å². The Balaban J connectivity index is 2.13. The first-order chi connectivity index (χ1) is 9.47. The third-order valence-electron chi connectivity index (χ3n) is 3.34. The van der Waals surface area contributed by atoms with Gasteiger partial charge in [-0.15, -0.1) is 0 Å². The number of carbonyl (C=O) groups is 1. The first kappa shape index (κ1) is 14.1. The van der Waals surface area contributed by atoms with Crippen LogP contribution < -0.4 is 10.9 Å². The van der Waals surface area contributed by atoms with Crippen molar-refractivity contribution in [2.24, 2.45) is 0 Å². The molecular formula is C16H18N2O2. The third-order valence-corrected chi connectivity index (χ3v) is 3.34. The molecule has 0 radical (unpaired) electrons. The van der Waals surface area contributed by atoms with Crippen LogP contribution in [0.1, 0.15) is 16.7 Å². The fourth-order valence-electron chi connectivity index (χ4n) is 1.97. The summed E-state index contributed by atoms with van der Waals surface area (Å²) in [6, 6.07) is 9.08. The van der Waals surface area contributed by atoms with E-state index >= 15 is 0 Å². The molecule has 1 aromatic heterocycles. The van der Waals surface area contributed by atoms with E-state index in [0.29, 0.717) is 0 Å². The number of anilines is 1. The zero-order valence-electron chi connectivity index (χ0n) is 11.9. The second-order valence-corrected chi connectivity index (χ2v) is 4.97. The summed E-state index contributed by atoms with van der Waals surface area (Å²) in [5.41, 5.74) is 3.67. The van der Waals surface area contributed by atoms with E-state index in [4.69, 9.17) is 0 Å². The molecule has 0 fully saturated rings. The lowest BCUT2D eigenvalue weighted by Gasteiger charge is -2.11. The van der Waals surface area contributed by atoms with E-state index < -0.39 is 0 Å². The average molecular weight is 270 g/mol. The number of amides is 1. The first-order valence-electron chi connectivity index (χ1n) is 6.50. The SMILES string of the molecule is Cc1ccn(CC(=O)Nc2cccc(C)c2C)c(=O)c1. The number of aryl methyl sites for hydroxylation is 2. The Labute approximate surface area is 118 Å². The largest absolute Gasteiger partial charge is 0.324 e. The number of aromatic nitrogens is 1. The summed E-state index contributed by atoms with van der Waals surface area (Å²) >= 11 is 0. The number of benzene rings is 1. The number of pyridine rings is 1. The highest BCUT2D eigenvalue weighted by atomic mass is 16.2. The Bertz CT molecular complexity index is 702. The van der Waals surface area contributed by atoms with Gasteiger partial charge in [-0.1, -0.05) is 12.1 Å². The minimum atomic E-state index is -0.204. The Morgan fingerprint density at radius 1 is 1.20 bits per heavy atom. The molecule has 0 aliphatic carbocycles. The predicted molar refractivity (Wildman–Crippen MR) is 80.0 cm³/mol. The summed E-state index contributed by atoms with van der Waals surface area (Å²) in [7, 11) is 0. The Morgan fingerprint density at radius 2 is 1.95 bits per heavy atom. The van der Waals surface area contributed by atoms with Gasteiger partial charge < -0.3 is 9.88 Å². The van der Waals surface area contributed by atoms with Crippen LogP contribution in [0.2, 0.25) is 0 Å². The fraction of sp³-hybridized carbons (Fsp3) is 0.250. The molecule has 0 bridgehead atoms. The summed E-state index contributed by atoms with van der Waals surface area (Å²) in [5.74, 6) is -0.204. The van der Waals surface area contributed by atoms with Crippen molar-refractivity contribution >= 4 is 11.6 Å². The van der Waals surface area contributed by atoms with E-state index in [0.717, 1.165) is 22.4 Å². The monoisotopic (exact) mass is 270 g/mol. The van der Waals surface area contributed by atoms with Gasteiger partial charge in [0.25, 0.3) is 5.56 Å². The van der Waals surface area contributed by atoms with Gasteiger partial charge in [0.1, 0.15) is 6.54 Å². The predicted octanol–water partition coefficient (Wildman–Crippen LogP) is 2.41. The van der Waals surface area contributed by atoms with Crippen LogP contribution in [0.3, 0.4) is 0 Å². The molecule has 2 rings (SSSR count). The van der Waals surface area contributed by atoms with Crippen molar-refractivity contribution in [2.75, 3.05) is 5.32 Å². The van der Waals surface area contributed by atoms with Gasteiger partial charge in [0.15, 0.2) is 0 Å². The molecule has 0 saturated carbocycles. The molecule has 4 nitrogen and oxygen atoms in total. The summed E-state index contributed by atoms with van der Waals surface area (Å²) in [5, 5.41) is 2.84. The van der Waals surface area contributed by atoms with Crippen molar-refractivity contribution in [3.05, 3.63) is 63.6 Å². The molecule has 0 aliphatic rings. The molecule has 1 N–H and O–H groups in total. The maximum absolute atomic E-state index is 12.0. The maximum atomic E-state index is 12.0. The first-order valence-corrected chi connectivity index (χ1v) is 6.50. The van der Waals surface area contributed by atoms with Crippen molar-refractivity contribution < 1.29 is 4.79 Å². The van der Waals surface area contributed by atoms with E-state index in [9.17, 15) is 9.59 Å². The topological polar surface area (TPSA) is 51.1 Å². The van der Waals surface area contributed by atoms with Crippen LogP contribution >= 0.6 is 0 Å². The van der Waals surface area contributed by atoms with Crippen LogP contribution in [0.5, 0.6) is 0 Å². The van der Waals surface area contributed by atoms with E-state index in [1.807, 2.05) is 45.0 Å². The smallest absolute Gasteiger partial charge is 0.251 e. The van der Waals surface area contributed by atoms with Crippen LogP contribution in [-0.4, -0.2) is 10.5 Å². The Morgan fingerprint density at radius 3 is 2.65 bits per heavy atom. The van der Waals surface area contributed by atoms with Crippen LogP contribution in [0.15, 0.2) is 41.3 Å². The third kappa shape index (κ3) is 3.15. The molecule has 0 spiro atoms. The fourth-order valence-corrected chi connectivity index (χ4v) is 1.97. The normalized spacial score (nSPS) is 10.3. The number of hydrogen-bond donors (Lipinski definition) is 1. The number of nitrogens with one attached hydrogen (secondary N) is 1. The average Bonchev–Trinajstić information content (AvgIpc) is 2.38. The van der Waals surface area contributed by atoms with Crippen LogP contribution in [0.25, 0.3) is 0 Å². The Kier molecular flexibility index (Phi) is 4.03.